The fourth-order valence-corrected chi connectivity index (χ4v) is 1.62. The second kappa shape index (κ2) is 4.28. The molecule has 0 spiro atoms. The van der Waals surface area contributed by atoms with Gasteiger partial charge >= 0.3 is 5.97 Å². The molecule has 2 N–H and O–H groups in total. The molecule has 1 aliphatic rings. The number of ether oxygens (including phenoxy) is 1. The van der Waals surface area contributed by atoms with E-state index >= 15 is 0 Å². The fraction of sp³-hybridized carbons (Fsp3) is 0.900. The van der Waals surface area contributed by atoms with Crippen molar-refractivity contribution in [2.75, 3.05) is 6.54 Å². The molecule has 14 heavy (non-hydrogen) atoms. The van der Waals surface area contributed by atoms with Crippen LogP contribution in [0.5, 0.6) is 0 Å². The van der Waals surface area contributed by atoms with E-state index in [0.717, 1.165) is 12.8 Å². The van der Waals surface area contributed by atoms with Crippen LogP contribution in [0.15, 0.2) is 0 Å². The standard InChI is InChI=1S/C10H19NO3/c1-7(9(12)13)11-6-8-4-5-10(2,3)14-8/h7-8,11H,4-6H2,1-3H3,(H,12,13). The normalized spacial score (nSPS) is 27.5. The zero-order chi connectivity index (χ0) is 10.8. The number of hydrogen-bond acceptors (Lipinski definition) is 3. The zero-order valence-electron chi connectivity index (χ0n) is 9.04. The van der Waals surface area contributed by atoms with Crippen molar-refractivity contribution in [3.8, 4) is 0 Å². The lowest BCUT2D eigenvalue weighted by Crippen LogP contribution is -2.39. The van der Waals surface area contributed by atoms with Gasteiger partial charge in [-0.1, -0.05) is 0 Å². The molecule has 0 aromatic carbocycles. The summed E-state index contributed by atoms with van der Waals surface area (Å²) in [6.07, 6.45) is 2.21. The summed E-state index contributed by atoms with van der Waals surface area (Å²) in [5, 5.41) is 11.6. The van der Waals surface area contributed by atoms with Crippen LogP contribution in [0.3, 0.4) is 0 Å². The number of rotatable bonds is 4. The van der Waals surface area contributed by atoms with Crippen molar-refractivity contribution in [2.24, 2.45) is 0 Å². The molecule has 0 aromatic rings. The van der Waals surface area contributed by atoms with Gasteiger partial charge in [-0.05, 0) is 33.6 Å². The quantitative estimate of drug-likeness (QED) is 0.712. The fourth-order valence-electron chi connectivity index (χ4n) is 1.62. The Morgan fingerprint density at radius 1 is 1.71 bits per heavy atom. The van der Waals surface area contributed by atoms with Crippen molar-refractivity contribution in [1.82, 2.24) is 5.32 Å². The number of aliphatic carboxylic acids is 1. The average molecular weight is 201 g/mol. The van der Waals surface area contributed by atoms with Crippen LogP contribution in [0.1, 0.15) is 33.6 Å². The summed E-state index contributed by atoms with van der Waals surface area (Å²) in [4.78, 5) is 10.5. The van der Waals surface area contributed by atoms with Gasteiger partial charge in [-0.15, -0.1) is 0 Å². The molecular weight excluding hydrogens is 182 g/mol. The largest absolute Gasteiger partial charge is 0.480 e. The smallest absolute Gasteiger partial charge is 0.320 e. The SMILES string of the molecule is CC(NCC1CCC(C)(C)O1)C(=O)O. The molecule has 2 atom stereocenters. The monoisotopic (exact) mass is 201 g/mol. The molecule has 0 aromatic heterocycles. The van der Waals surface area contributed by atoms with E-state index in [0.29, 0.717) is 6.54 Å². The van der Waals surface area contributed by atoms with E-state index in [1.165, 1.54) is 0 Å². The maximum Gasteiger partial charge on any atom is 0.320 e. The second-order valence-corrected chi connectivity index (χ2v) is 4.51. The average Bonchev–Trinajstić information content (AvgIpc) is 2.41. The van der Waals surface area contributed by atoms with E-state index in [9.17, 15) is 4.79 Å². The predicted octanol–water partition coefficient (Wildman–Crippen LogP) is 1.01. The minimum atomic E-state index is -0.817. The van der Waals surface area contributed by atoms with Gasteiger partial charge in [0, 0.05) is 6.54 Å². The van der Waals surface area contributed by atoms with Gasteiger partial charge in [0.1, 0.15) is 6.04 Å². The molecule has 1 fully saturated rings. The molecule has 0 bridgehead atoms. The highest BCUT2D eigenvalue weighted by Gasteiger charge is 2.31. The van der Waals surface area contributed by atoms with Crippen LogP contribution in [0.25, 0.3) is 0 Å². The molecule has 4 nitrogen and oxygen atoms in total. The second-order valence-electron chi connectivity index (χ2n) is 4.51. The lowest BCUT2D eigenvalue weighted by atomic mass is 10.1. The van der Waals surface area contributed by atoms with Gasteiger partial charge in [0.25, 0.3) is 0 Å². The molecule has 1 heterocycles. The molecular formula is C10H19NO3. The van der Waals surface area contributed by atoms with E-state index < -0.39 is 12.0 Å². The van der Waals surface area contributed by atoms with Crippen LogP contribution in [0.4, 0.5) is 0 Å². The van der Waals surface area contributed by atoms with Gasteiger partial charge in [-0.2, -0.15) is 0 Å². The van der Waals surface area contributed by atoms with E-state index in [1.54, 1.807) is 6.92 Å². The number of hydrogen-bond donors (Lipinski definition) is 2. The highest BCUT2D eigenvalue weighted by molar-refractivity contribution is 5.72. The topological polar surface area (TPSA) is 58.6 Å². The van der Waals surface area contributed by atoms with Crippen LogP contribution in [-0.4, -0.2) is 35.4 Å². The third-order valence-corrected chi connectivity index (χ3v) is 2.58. The lowest BCUT2D eigenvalue weighted by molar-refractivity contribution is -0.139. The van der Waals surface area contributed by atoms with Crippen molar-refractivity contribution in [2.45, 2.75) is 51.4 Å². The summed E-state index contributed by atoms with van der Waals surface area (Å²) in [7, 11) is 0. The van der Waals surface area contributed by atoms with Gasteiger partial charge in [-0.3, -0.25) is 4.79 Å². The van der Waals surface area contributed by atoms with Crippen LogP contribution in [0, 0.1) is 0 Å². The Morgan fingerprint density at radius 2 is 2.36 bits per heavy atom. The number of nitrogens with one attached hydrogen (secondary N) is 1. The minimum absolute atomic E-state index is 0.0428. The summed E-state index contributed by atoms with van der Waals surface area (Å²) in [6, 6.07) is -0.498. The van der Waals surface area contributed by atoms with Gasteiger partial charge in [0.2, 0.25) is 0 Å². The zero-order valence-corrected chi connectivity index (χ0v) is 9.04. The molecule has 0 amide bonds. The molecule has 0 aliphatic carbocycles. The lowest BCUT2D eigenvalue weighted by Gasteiger charge is -2.20. The minimum Gasteiger partial charge on any atom is -0.480 e. The van der Waals surface area contributed by atoms with Crippen molar-refractivity contribution >= 4 is 5.97 Å². The van der Waals surface area contributed by atoms with Gasteiger partial charge in [-0.25, -0.2) is 0 Å². The number of carboxylic acid groups (broad SMARTS) is 1. The molecule has 1 aliphatic heterocycles. The maximum atomic E-state index is 10.5. The van der Waals surface area contributed by atoms with Crippen molar-refractivity contribution in [1.29, 1.82) is 0 Å². The van der Waals surface area contributed by atoms with Gasteiger partial charge in [0.15, 0.2) is 0 Å². The van der Waals surface area contributed by atoms with Gasteiger partial charge in [0.05, 0.1) is 11.7 Å². The van der Waals surface area contributed by atoms with Crippen molar-refractivity contribution in [3.63, 3.8) is 0 Å². The van der Waals surface area contributed by atoms with E-state index in [4.69, 9.17) is 9.84 Å². The first kappa shape index (κ1) is 11.5. The first-order chi connectivity index (χ1) is 6.41. The molecule has 82 valence electrons. The van der Waals surface area contributed by atoms with Crippen LogP contribution >= 0.6 is 0 Å². The molecule has 2 unspecified atom stereocenters. The number of carbonyl (C=O) groups is 1. The highest BCUT2D eigenvalue weighted by Crippen LogP contribution is 2.28. The summed E-state index contributed by atoms with van der Waals surface area (Å²) >= 11 is 0. The molecule has 0 radical (unpaired) electrons. The van der Waals surface area contributed by atoms with E-state index in [2.05, 4.69) is 19.2 Å². The Bertz CT molecular complexity index is 215. The Kier molecular flexibility index (Phi) is 3.50. The predicted molar refractivity (Wildman–Crippen MR) is 53.3 cm³/mol. The maximum absolute atomic E-state index is 10.5. The van der Waals surface area contributed by atoms with Gasteiger partial charge < -0.3 is 15.2 Å². The summed E-state index contributed by atoms with van der Waals surface area (Å²) in [5.41, 5.74) is -0.0428. The van der Waals surface area contributed by atoms with Crippen molar-refractivity contribution < 1.29 is 14.6 Å². The van der Waals surface area contributed by atoms with Crippen LogP contribution in [-0.2, 0) is 9.53 Å². The first-order valence-electron chi connectivity index (χ1n) is 5.05. The summed E-state index contributed by atoms with van der Waals surface area (Å²) in [5.74, 6) is -0.817. The number of carboxylic acids is 1. The Morgan fingerprint density at radius 3 is 2.79 bits per heavy atom. The highest BCUT2D eigenvalue weighted by atomic mass is 16.5. The van der Waals surface area contributed by atoms with Crippen molar-refractivity contribution in [3.05, 3.63) is 0 Å². The molecule has 1 rings (SSSR count). The molecule has 0 saturated carbocycles. The third-order valence-electron chi connectivity index (χ3n) is 2.58. The first-order valence-corrected chi connectivity index (χ1v) is 5.05. The Labute approximate surface area is 84.6 Å². The van der Waals surface area contributed by atoms with Crippen LogP contribution < -0.4 is 5.32 Å². The molecule has 1 saturated heterocycles. The summed E-state index contributed by atoms with van der Waals surface area (Å²) < 4.78 is 5.72. The summed E-state index contributed by atoms with van der Waals surface area (Å²) in [6.45, 7) is 6.39. The van der Waals surface area contributed by atoms with E-state index in [-0.39, 0.29) is 11.7 Å². The Hall–Kier alpha value is -0.610. The Balaban J connectivity index is 2.24. The van der Waals surface area contributed by atoms with E-state index in [1.807, 2.05) is 0 Å². The molecule has 4 heteroatoms. The van der Waals surface area contributed by atoms with Crippen LogP contribution in [0.2, 0.25) is 0 Å². The third kappa shape index (κ3) is 3.27.